The number of hydrogen-bond donors (Lipinski definition) is 2. The fourth-order valence-electron chi connectivity index (χ4n) is 1.92. The summed E-state index contributed by atoms with van der Waals surface area (Å²) in [6.07, 6.45) is 2.77. The van der Waals surface area contributed by atoms with E-state index < -0.39 is 0 Å². The molecule has 1 amide bonds. The Balaban J connectivity index is 2.25. The number of rotatable bonds is 3. The van der Waals surface area contributed by atoms with E-state index in [2.05, 4.69) is 31.4 Å². The van der Waals surface area contributed by atoms with E-state index in [1.165, 1.54) is 0 Å². The maximum absolute atomic E-state index is 11.5. The van der Waals surface area contributed by atoms with E-state index in [0.29, 0.717) is 24.4 Å². The average Bonchev–Trinajstić information content (AvgIpc) is 2.01. The van der Waals surface area contributed by atoms with Gasteiger partial charge in [-0.05, 0) is 32.2 Å². The van der Waals surface area contributed by atoms with Crippen LogP contribution in [0.25, 0.3) is 0 Å². The van der Waals surface area contributed by atoms with Crippen molar-refractivity contribution in [1.82, 2.24) is 10.6 Å². The maximum atomic E-state index is 11.5. The van der Waals surface area contributed by atoms with Crippen LogP contribution >= 0.6 is 0 Å². The zero-order chi connectivity index (χ0) is 10.6. The van der Waals surface area contributed by atoms with E-state index in [1.54, 1.807) is 0 Å². The number of amides is 1. The molecule has 0 saturated carbocycles. The van der Waals surface area contributed by atoms with Gasteiger partial charge in [0.2, 0.25) is 5.91 Å². The molecule has 1 saturated heterocycles. The number of carbonyl (C=O) groups is 1. The Morgan fingerprint density at radius 1 is 1.57 bits per heavy atom. The summed E-state index contributed by atoms with van der Waals surface area (Å²) in [6, 6.07) is 0.922. The van der Waals surface area contributed by atoms with E-state index >= 15 is 0 Å². The van der Waals surface area contributed by atoms with Gasteiger partial charge in [0.05, 0.1) is 0 Å². The molecule has 82 valence electrons. The molecule has 0 bridgehead atoms. The Bertz CT molecular complexity index is 192. The van der Waals surface area contributed by atoms with Gasteiger partial charge in [-0.2, -0.15) is 0 Å². The minimum absolute atomic E-state index is 0.208. The third-order valence-corrected chi connectivity index (χ3v) is 2.58. The molecule has 0 aromatic heterocycles. The summed E-state index contributed by atoms with van der Waals surface area (Å²) >= 11 is 0. The summed E-state index contributed by atoms with van der Waals surface area (Å²) in [4.78, 5) is 11.5. The van der Waals surface area contributed by atoms with Crippen LogP contribution in [0.4, 0.5) is 0 Å². The highest BCUT2D eigenvalue weighted by molar-refractivity contribution is 5.76. The molecule has 3 heteroatoms. The molecule has 2 atom stereocenters. The fourth-order valence-corrected chi connectivity index (χ4v) is 1.92. The van der Waals surface area contributed by atoms with Crippen LogP contribution in [0.15, 0.2) is 0 Å². The molecule has 0 radical (unpaired) electrons. The highest BCUT2D eigenvalue weighted by atomic mass is 16.1. The number of hydrogen-bond acceptors (Lipinski definition) is 2. The summed E-state index contributed by atoms with van der Waals surface area (Å²) in [5.41, 5.74) is 0. The summed E-state index contributed by atoms with van der Waals surface area (Å²) in [7, 11) is 0. The molecule has 0 aromatic rings. The van der Waals surface area contributed by atoms with Crippen LogP contribution in [-0.4, -0.2) is 24.5 Å². The van der Waals surface area contributed by atoms with Gasteiger partial charge >= 0.3 is 0 Å². The SMILES string of the molecule is CC(C)CC(=O)NC1CCNC(C)C1. The van der Waals surface area contributed by atoms with Gasteiger partial charge in [-0.25, -0.2) is 0 Å². The predicted molar refractivity (Wildman–Crippen MR) is 58.1 cm³/mol. The van der Waals surface area contributed by atoms with E-state index in [4.69, 9.17) is 0 Å². The second-order valence-electron chi connectivity index (χ2n) is 4.74. The fraction of sp³-hybridized carbons (Fsp3) is 0.909. The Morgan fingerprint density at radius 3 is 2.86 bits per heavy atom. The van der Waals surface area contributed by atoms with Gasteiger partial charge in [0.25, 0.3) is 0 Å². The summed E-state index contributed by atoms with van der Waals surface area (Å²) in [6.45, 7) is 7.34. The predicted octanol–water partition coefficient (Wildman–Crippen LogP) is 1.29. The molecule has 1 rings (SSSR count). The lowest BCUT2D eigenvalue weighted by molar-refractivity contribution is -0.122. The summed E-state index contributed by atoms with van der Waals surface area (Å²) in [5, 5.41) is 6.48. The molecule has 1 fully saturated rings. The van der Waals surface area contributed by atoms with Crippen molar-refractivity contribution in [2.24, 2.45) is 5.92 Å². The minimum atomic E-state index is 0.208. The van der Waals surface area contributed by atoms with Crippen LogP contribution in [0, 0.1) is 5.92 Å². The van der Waals surface area contributed by atoms with Crippen LogP contribution in [0.3, 0.4) is 0 Å². The van der Waals surface area contributed by atoms with Gasteiger partial charge in [0.15, 0.2) is 0 Å². The molecule has 2 unspecified atom stereocenters. The largest absolute Gasteiger partial charge is 0.353 e. The van der Waals surface area contributed by atoms with E-state index in [9.17, 15) is 4.79 Å². The molecule has 1 aliphatic heterocycles. The molecule has 0 aliphatic carbocycles. The molecule has 0 aromatic carbocycles. The van der Waals surface area contributed by atoms with Crippen LogP contribution in [0.5, 0.6) is 0 Å². The van der Waals surface area contributed by atoms with Gasteiger partial charge in [-0.1, -0.05) is 13.8 Å². The van der Waals surface area contributed by atoms with Crippen molar-refractivity contribution in [1.29, 1.82) is 0 Å². The Morgan fingerprint density at radius 2 is 2.29 bits per heavy atom. The first-order valence-corrected chi connectivity index (χ1v) is 5.60. The number of piperidine rings is 1. The van der Waals surface area contributed by atoms with Crippen LogP contribution in [0.2, 0.25) is 0 Å². The first-order valence-electron chi connectivity index (χ1n) is 5.60. The second kappa shape index (κ2) is 5.35. The summed E-state index contributed by atoms with van der Waals surface area (Å²) < 4.78 is 0. The number of nitrogens with one attached hydrogen (secondary N) is 2. The number of carbonyl (C=O) groups excluding carboxylic acids is 1. The zero-order valence-corrected chi connectivity index (χ0v) is 9.47. The van der Waals surface area contributed by atoms with Crippen molar-refractivity contribution < 1.29 is 4.79 Å². The third kappa shape index (κ3) is 4.09. The van der Waals surface area contributed by atoms with Crippen LogP contribution in [0.1, 0.15) is 40.0 Å². The molecular weight excluding hydrogens is 176 g/mol. The highest BCUT2D eigenvalue weighted by Crippen LogP contribution is 2.09. The molecule has 14 heavy (non-hydrogen) atoms. The van der Waals surface area contributed by atoms with Crippen LogP contribution in [-0.2, 0) is 4.79 Å². The first kappa shape index (κ1) is 11.5. The molecule has 3 nitrogen and oxygen atoms in total. The van der Waals surface area contributed by atoms with E-state index in [1.807, 2.05) is 0 Å². The maximum Gasteiger partial charge on any atom is 0.220 e. The van der Waals surface area contributed by atoms with Gasteiger partial charge in [-0.3, -0.25) is 4.79 Å². The Kier molecular flexibility index (Phi) is 4.39. The van der Waals surface area contributed by atoms with Crippen molar-refractivity contribution in [3.63, 3.8) is 0 Å². The van der Waals surface area contributed by atoms with Gasteiger partial charge in [0, 0.05) is 18.5 Å². The van der Waals surface area contributed by atoms with Crippen molar-refractivity contribution in [2.75, 3.05) is 6.54 Å². The Labute approximate surface area is 86.6 Å². The third-order valence-electron chi connectivity index (χ3n) is 2.58. The van der Waals surface area contributed by atoms with Crippen LogP contribution < -0.4 is 10.6 Å². The average molecular weight is 198 g/mol. The Hall–Kier alpha value is -0.570. The normalized spacial score (nSPS) is 27.7. The molecule has 1 aliphatic rings. The van der Waals surface area contributed by atoms with Gasteiger partial charge in [0.1, 0.15) is 0 Å². The molecular formula is C11H22N2O. The van der Waals surface area contributed by atoms with Crippen molar-refractivity contribution >= 4 is 5.91 Å². The quantitative estimate of drug-likeness (QED) is 0.717. The van der Waals surface area contributed by atoms with Crippen molar-refractivity contribution in [3.8, 4) is 0 Å². The van der Waals surface area contributed by atoms with Gasteiger partial charge in [-0.15, -0.1) is 0 Å². The van der Waals surface area contributed by atoms with Crippen molar-refractivity contribution in [3.05, 3.63) is 0 Å². The minimum Gasteiger partial charge on any atom is -0.353 e. The lowest BCUT2D eigenvalue weighted by atomic mass is 10.00. The van der Waals surface area contributed by atoms with E-state index in [-0.39, 0.29) is 5.91 Å². The zero-order valence-electron chi connectivity index (χ0n) is 9.47. The second-order valence-corrected chi connectivity index (χ2v) is 4.74. The lowest BCUT2D eigenvalue weighted by Gasteiger charge is -2.28. The van der Waals surface area contributed by atoms with E-state index in [0.717, 1.165) is 19.4 Å². The molecule has 1 heterocycles. The van der Waals surface area contributed by atoms with Gasteiger partial charge < -0.3 is 10.6 Å². The smallest absolute Gasteiger partial charge is 0.220 e. The first-order chi connectivity index (χ1) is 6.58. The summed E-state index contributed by atoms with van der Waals surface area (Å²) in [5.74, 6) is 0.660. The monoisotopic (exact) mass is 198 g/mol. The molecule has 2 N–H and O–H groups in total. The van der Waals surface area contributed by atoms with Crippen molar-refractivity contribution in [2.45, 2.75) is 52.1 Å². The topological polar surface area (TPSA) is 41.1 Å². The molecule has 0 spiro atoms. The highest BCUT2D eigenvalue weighted by Gasteiger charge is 2.19. The standard InChI is InChI=1S/C11H22N2O/c1-8(2)6-11(14)13-10-4-5-12-9(3)7-10/h8-10,12H,4-7H2,1-3H3,(H,13,14). The lowest BCUT2D eigenvalue weighted by Crippen LogP contribution is -2.46.